The van der Waals surface area contributed by atoms with E-state index in [-0.39, 0.29) is 10.8 Å². The normalized spacial score (nSPS) is 13.3. The number of fused-ring (bicyclic) bond motifs is 2. The van der Waals surface area contributed by atoms with Crippen molar-refractivity contribution in [2.45, 2.75) is 65.2 Å². The van der Waals surface area contributed by atoms with Crippen LogP contribution in [-0.2, 0) is 17.3 Å². The molecule has 0 atom stereocenters. The van der Waals surface area contributed by atoms with Gasteiger partial charge in [0.2, 0.25) is 0 Å². The fraction of sp³-hybridized carbons (Fsp3) is 0.234. The third-order valence-corrected chi connectivity index (χ3v) is 10.2. The van der Waals surface area contributed by atoms with Gasteiger partial charge in [-0.1, -0.05) is 102 Å². The van der Waals surface area contributed by atoms with Gasteiger partial charge >= 0.3 is 0 Å². The molecule has 0 amide bonds. The van der Waals surface area contributed by atoms with Gasteiger partial charge in [-0.05, 0) is 101 Å². The lowest BCUT2D eigenvalue weighted by Crippen LogP contribution is -2.29. The van der Waals surface area contributed by atoms with Crippen LogP contribution in [0.2, 0.25) is 0 Å². The number of imidazole rings is 1. The fourth-order valence-corrected chi connectivity index (χ4v) is 7.28. The Hall–Kier alpha value is -5.68. The Morgan fingerprint density at radius 3 is 2.21 bits per heavy atom. The average Bonchev–Trinajstić information content (AvgIpc) is 3.54. The van der Waals surface area contributed by atoms with E-state index in [0.29, 0.717) is 0 Å². The minimum atomic E-state index is 0.0357. The van der Waals surface area contributed by atoms with Crippen molar-refractivity contribution in [1.82, 2.24) is 9.55 Å². The molecule has 260 valence electrons. The highest BCUT2D eigenvalue weighted by Gasteiger charge is 2.25. The van der Waals surface area contributed by atoms with E-state index in [4.69, 9.17) is 9.72 Å². The predicted octanol–water partition coefficient (Wildman–Crippen LogP) is 11.4. The van der Waals surface area contributed by atoms with Crippen LogP contribution in [0, 0.1) is 0 Å². The molecule has 5 heteroatoms. The summed E-state index contributed by atoms with van der Waals surface area (Å²) in [5, 5.41) is 0. The van der Waals surface area contributed by atoms with Crippen LogP contribution in [0.25, 0.3) is 33.5 Å². The Balaban J connectivity index is 1.20. The van der Waals surface area contributed by atoms with Crippen LogP contribution in [0.1, 0.15) is 64.7 Å². The molecule has 8 rings (SSSR count). The molecule has 5 nitrogen and oxygen atoms in total. The lowest BCUT2D eigenvalue weighted by atomic mass is 9.87. The number of rotatable bonds is 6. The van der Waals surface area contributed by atoms with Crippen molar-refractivity contribution in [3.8, 4) is 34.0 Å². The number of aryl methyl sites for hydroxylation is 1. The van der Waals surface area contributed by atoms with Crippen molar-refractivity contribution >= 4 is 22.5 Å². The van der Waals surface area contributed by atoms with Crippen molar-refractivity contribution in [3.63, 3.8) is 0 Å². The molecule has 0 unspecified atom stereocenters. The number of hydrogen-bond donors (Lipinski definition) is 0. The monoisotopic (exact) mass is 683 g/mol. The average molecular weight is 684 g/mol. The number of pyridine rings is 1. The van der Waals surface area contributed by atoms with E-state index in [9.17, 15) is 0 Å². The molecular formula is C47H47N4O+. The second kappa shape index (κ2) is 13.1. The minimum absolute atomic E-state index is 0.0357. The standard InChI is InChI=1S/C47H47N4O/c1-46(2,3)35-21-23-37(24-22-35)50-32-51(42-20-11-10-19-41(42)50)38-17-12-18-39(30-38)52-44-31-43-34(28-40(44)33-14-8-7-9-15-33)16-13-27-49(43)45-29-36(25-26-48-45)47(4,5)6/h7-12,14-15,17-26,28-32H,13,16,27H2,1-6H3/q+1. The number of nitrogens with zero attached hydrogens (tertiary/aromatic N) is 4. The van der Waals surface area contributed by atoms with Crippen molar-refractivity contribution in [2.24, 2.45) is 0 Å². The Kier molecular flexibility index (Phi) is 8.45. The third kappa shape index (κ3) is 6.48. The zero-order valence-electron chi connectivity index (χ0n) is 31.1. The number of benzene rings is 5. The van der Waals surface area contributed by atoms with Crippen LogP contribution in [0.3, 0.4) is 0 Å². The molecule has 3 heterocycles. The number of hydrogen-bond acceptors (Lipinski definition) is 3. The first-order valence-corrected chi connectivity index (χ1v) is 18.4. The van der Waals surface area contributed by atoms with E-state index in [2.05, 4.69) is 189 Å². The second-order valence-electron chi connectivity index (χ2n) is 16.0. The topological polar surface area (TPSA) is 34.2 Å². The molecule has 1 aliphatic heterocycles. The molecule has 0 saturated carbocycles. The lowest BCUT2D eigenvalue weighted by molar-refractivity contribution is -0.567. The molecule has 0 radical (unpaired) electrons. The quantitative estimate of drug-likeness (QED) is 0.164. The largest absolute Gasteiger partial charge is 0.456 e. The van der Waals surface area contributed by atoms with E-state index < -0.39 is 0 Å². The maximum absolute atomic E-state index is 6.94. The van der Waals surface area contributed by atoms with Crippen LogP contribution in [0.4, 0.5) is 11.5 Å². The van der Waals surface area contributed by atoms with Gasteiger partial charge in [-0.3, -0.25) is 0 Å². The Bertz CT molecular complexity index is 2380. The number of para-hydroxylation sites is 2. The molecule has 1 aliphatic rings. The van der Waals surface area contributed by atoms with E-state index in [0.717, 1.165) is 75.9 Å². The van der Waals surface area contributed by atoms with Gasteiger partial charge in [-0.25, -0.2) is 4.98 Å². The van der Waals surface area contributed by atoms with Gasteiger partial charge < -0.3 is 9.64 Å². The summed E-state index contributed by atoms with van der Waals surface area (Å²) < 4.78 is 11.5. The van der Waals surface area contributed by atoms with Crippen molar-refractivity contribution in [2.75, 3.05) is 11.4 Å². The first kappa shape index (κ1) is 33.5. The first-order chi connectivity index (χ1) is 25.0. The Morgan fingerprint density at radius 1 is 0.692 bits per heavy atom. The fourth-order valence-electron chi connectivity index (χ4n) is 7.28. The van der Waals surface area contributed by atoms with Crippen molar-refractivity contribution in [1.29, 1.82) is 0 Å². The van der Waals surface area contributed by atoms with Crippen LogP contribution >= 0.6 is 0 Å². The van der Waals surface area contributed by atoms with Gasteiger partial charge in [0.25, 0.3) is 6.33 Å². The molecule has 2 aromatic heterocycles. The maximum Gasteiger partial charge on any atom is 0.255 e. The minimum Gasteiger partial charge on any atom is -0.456 e. The number of anilines is 2. The zero-order chi connectivity index (χ0) is 36.0. The summed E-state index contributed by atoms with van der Waals surface area (Å²) in [5.74, 6) is 2.59. The molecule has 52 heavy (non-hydrogen) atoms. The van der Waals surface area contributed by atoms with Gasteiger partial charge in [0.15, 0.2) is 11.0 Å². The molecular weight excluding hydrogens is 637 g/mol. The summed E-state index contributed by atoms with van der Waals surface area (Å²) in [4.78, 5) is 7.22. The predicted molar refractivity (Wildman–Crippen MR) is 214 cm³/mol. The highest BCUT2D eigenvalue weighted by Crippen LogP contribution is 2.43. The molecule has 0 fully saturated rings. The van der Waals surface area contributed by atoms with E-state index in [1.54, 1.807) is 0 Å². The Labute approximate surface area is 307 Å². The lowest BCUT2D eigenvalue weighted by Gasteiger charge is -2.32. The smallest absolute Gasteiger partial charge is 0.255 e. The summed E-state index contributed by atoms with van der Waals surface area (Å²) in [7, 11) is 0. The van der Waals surface area contributed by atoms with Crippen molar-refractivity contribution < 1.29 is 9.30 Å². The van der Waals surface area contributed by atoms with Gasteiger partial charge in [0, 0.05) is 36.1 Å². The molecule has 0 saturated heterocycles. The van der Waals surface area contributed by atoms with Crippen molar-refractivity contribution in [3.05, 3.63) is 157 Å². The van der Waals surface area contributed by atoms with Gasteiger partial charge in [0.05, 0.1) is 0 Å². The van der Waals surface area contributed by atoms with E-state index in [1.165, 1.54) is 16.7 Å². The van der Waals surface area contributed by atoms with Crippen LogP contribution in [0.15, 0.2) is 140 Å². The van der Waals surface area contributed by atoms with Crippen LogP contribution < -0.4 is 14.2 Å². The number of aromatic nitrogens is 3. The molecule has 0 aliphatic carbocycles. The highest BCUT2D eigenvalue weighted by atomic mass is 16.5. The zero-order valence-corrected chi connectivity index (χ0v) is 31.1. The highest BCUT2D eigenvalue weighted by molar-refractivity contribution is 5.79. The Morgan fingerprint density at radius 2 is 1.44 bits per heavy atom. The molecule has 5 aromatic carbocycles. The first-order valence-electron chi connectivity index (χ1n) is 18.4. The summed E-state index contributed by atoms with van der Waals surface area (Å²) in [5.41, 5.74) is 11.9. The van der Waals surface area contributed by atoms with E-state index >= 15 is 0 Å². The van der Waals surface area contributed by atoms with Crippen LogP contribution in [0.5, 0.6) is 11.5 Å². The maximum atomic E-state index is 6.94. The molecule has 7 aromatic rings. The van der Waals surface area contributed by atoms with Crippen LogP contribution in [-0.4, -0.2) is 16.1 Å². The summed E-state index contributed by atoms with van der Waals surface area (Å²) in [6.07, 6.45) is 6.21. The summed E-state index contributed by atoms with van der Waals surface area (Å²) in [6, 6.07) is 45.4. The molecule has 0 N–H and O–H groups in total. The SMILES string of the molecule is CC(C)(C)c1ccc(-[n+]2cn(-c3cccc(Oc4cc5c(cc4-c4ccccc4)CCCN5c4cc(C(C)(C)C)ccn4)c3)c3ccccc32)cc1. The third-order valence-electron chi connectivity index (χ3n) is 10.2. The summed E-state index contributed by atoms with van der Waals surface area (Å²) >= 11 is 0. The molecule has 0 spiro atoms. The van der Waals surface area contributed by atoms with Gasteiger partial charge in [-0.15, -0.1) is 0 Å². The van der Waals surface area contributed by atoms with Gasteiger partial charge in [-0.2, -0.15) is 9.13 Å². The van der Waals surface area contributed by atoms with Gasteiger partial charge in [0.1, 0.15) is 28.7 Å². The summed E-state index contributed by atoms with van der Waals surface area (Å²) in [6.45, 7) is 14.4. The molecule has 0 bridgehead atoms. The second-order valence-corrected chi connectivity index (χ2v) is 16.0. The number of ether oxygens (including phenoxy) is 1. The van der Waals surface area contributed by atoms with E-state index in [1.807, 2.05) is 6.20 Å².